The summed E-state index contributed by atoms with van der Waals surface area (Å²) in [6, 6.07) is 24.7. The van der Waals surface area contributed by atoms with Crippen molar-refractivity contribution in [2.75, 3.05) is 0 Å². The predicted molar refractivity (Wildman–Crippen MR) is 182 cm³/mol. The first-order valence-corrected chi connectivity index (χ1v) is 18.6. The summed E-state index contributed by atoms with van der Waals surface area (Å²) in [5, 5.41) is 0. The summed E-state index contributed by atoms with van der Waals surface area (Å²) in [6.45, 7) is 6.38. The molecule has 8 saturated carbocycles. The Morgan fingerprint density at radius 2 is 1.00 bits per heavy atom. The van der Waals surface area contributed by atoms with Crippen LogP contribution in [0.1, 0.15) is 110 Å². The van der Waals surface area contributed by atoms with Crippen molar-refractivity contribution in [2.45, 2.75) is 115 Å². The summed E-state index contributed by atoms with van der Waals surface area (Å²) in [7, 11) is 0. The van der Waals surface area contributed by atoms with Crippen molar-refractivity contribution < 1.29 is 4.57 Å². The zero-order valence-electron chi connectivity index (χ0n) is 27.6. The molecule has 2 heteroatoms. The van der Waals surface area contributed by atoms with Gasteiger partial charge in [0, 0.05) is 0 Å². The molecule has 0 N–H and O–H groups in total. The van der Waals surface area contributed by atoms with Gasteiger partial charge in [0.25, 0.3) is 0 Å². The average molecular weight is 596 g/mol. The molecule has 0 radical (unpaired) electrons. The Labute approximate surface area is 270 Å². The number of aryl methyl sites for hydroxylation is 2. The number of hydrogen-bond acceptors (Lipinski definition) is 0. The number of nitrogens with zero attached hydrogens (tertiary/aromatic N) is 2. The third kappa shape index (κ3) is 4.44. The number of rotatable bonds is 6. The van der Waals surface area contributed by atoms with E-state index in [1.807, 2.05) is 0 Å². The minimum atomic E-state index is 0.482. The molecule has 0 aliphatic heterocycles. The molecule has 0 atom stereocenters. The third-order valence-electron chi connectivity index (χ3n) is 14.4. The second kappa shape index (κ2) is 9.82. The topological polar surface area (TPSA) is 8.81 Å². The van der Waals surface area contributed by atoms with Gasteiger partial charge in [-0.05, 0) is 183 Å². The van der Waals surface area contributed by atoms with E-state index >= 15 is 0 Å². The van der Waals surface area contributed by atoms with Crippen molar-refractivity contribution in [3.63, 3.8) is 0 Å². The molecule has 0 amide bonds. The fourth-order valence-corrected chi connectivity index (χ4v) is 13.0. The lowest BCUT2D eigenvalue weighted by atomic mass is 9.48. The molecule has 2 nitrogen and oxygen atoms in total. The quantitative estimate of drug-likeness (QED) is 0.196. The zero-order valence-corrected chi connectivity index (χ0v) is 27.6. The van der Waals surface area contributed by atoms with Gasteiger partial charge in [0.2, 0.25) is 6.33 Å². The van der Waals surface area contributed by atoms with Crippen molar-refractivity contribution >= 4 is 11.0 Å². The maximum atomic E-state index is 2.52. The molecule has 8 aliphatic rings. The molecular weight excluding hydrogens is 544 g/mol. The Morgan fingerprint density at radius 1 is 0.578 bits per heavy atom. The monoisotopic (exact) mass is 595 g/mol. The minimum Gasteiger partial charge on any atom is -0.226 e. The van der Waals surface area contributed by atoms with Crippen LogP contribution in [-0.2, 0) is 23.9 Å². The van der Waals surface area contributed by atoms with Crippen LogP contribution < -0.4 is 4.57 Å². The first kappa shape index (κ1) is 27.3. The summed E-state index contributed by atoms with van der Waals surface area (Å²) in [5.74, 6) is 5.99. The Morgan fingerprint density at radius 3 is 1.47 bits per heavy atom. The second-order valence-corrected chi connectivity index (χ2v) is 17.6. The summed E-state index contributed by atoms with van der Waals surface area (Å²) in [6.07, 6.45) is 20.2. The highest BCUT2D eigenvalue weighted by molar-refractivity contribution is 5.74. The minimum absolute atomic E-state index is 0.482. The Kier molecular flexibility index (Phi) is 5.95. The van der Waals surface area contributed by atoms with Gasteiger partial charge in [-0.1, -0.05) is 48.5 Å². The maximum absolute atomic E-state index is 2.52. The van der Waals surface area contributed by atoms with Crippen molar-refractivity contribution in [2.24, 2.45) is 35.5 Å². The van der Waals surface area contributed by atoms with Crippen LogP contribution in [0.25, 0.3) is 11.0 Å². The van der Waals surface area contributed by atoms with Gasteiger partial charge >= 0.3 is 0 Å². The van der Waals surface area contributed by atoms with Crippen LogP contribution in [-0.4, -0.2) is 4.57 Å². The molecular formula is C43H51N2+. The van der Waals surface area contributed by atoms with Crippen molar-refractivity contribution in [3.8, 4) is 0 Å². The molecule has 8 bridgehead atoms. The molecule has 0 saturated heterocycles. The van der Waals surface area contributed by atoms with Gasteiger partial charge in [-0.2, -0.15) is 0 Å². The summed E-state index contributed by atoms with van der Waals surface area (Å²) < 4.78 is 5.01. The summed E-state index contributed by atoms with van der Waals surface area (Å²) in [5.41, 5.74) is 12.6. The normalized spacial score (nSPS) is 36.0. The highest BCUT2D eigenvalue weighted by Gasteiger charge is 2.52. The van der Waals surface area contributed by atoms with E-state index in [0.717, 1.165) is 48.6 Å². The van der Waals surface area contributed by atoms with E-state index in [9.17, 15) is 0 Å². The lowest BCUT2D eigenvalue weighted by Gasteiger charge is -2.57. The number of fused-ring (bicyclic) bond motifs is 1. The van der Waals surface area contributed by atoms with Crippen molar-refractivity contribution in [3.05, 3.63) is 100 Å². The number of imidazole rings is 1. The Hall–Kier alpha value is -2.87. The van der Waals surface area contributed by atoms with Crippen LogP contribution in [0.2, 0.25) is 0 Å². The predicted octanol–water partition coefficient (Wildman–Crippen LogP) is 9.58. The van der Waals surface area contributed by atoms with Gasteiger partial charge in [-0.25, -0.2) is 9.13 Å². The van der Waals surface area contributed by atoms with Gasteiger partial charge < -0.3 is 0 Å². The fourth-order valence-electron chi connectivity index (χ4n) is 13.0. The van der Waals surface area contributed by atoms with E-state index in [4.69, 9.17) is 0 Å². The smallest absolute Gasteiger partial charge is 0.226 e. The van der Waals surface area contributed by atoms with Gasteiger partial charge in [-0.15, -0.1) is 0 Å². The van der Waals surface area contributed by atoms with Gasteiger partial charge in [0.1, 0.15) is 13.1 Å². The van der Waals surface area contributed by atoms with Crippen LogP contribution >= 0.6 is 0 Å². The molecule has 8 fully saturated rings. The highest BCUT2D eigenvalue weighted by Crippen LogP contribution is 2.62. The molecule has 0 unspecified atom stereocenters. The first-order chi connectivity index (χ1) is 21.9. The van der Waals surface area contributed by atoms with Gasteiger partial charge in [-0.3, -0.25) is 0 Å². The summed E-state index contributed by atoms with van der Waals surface area (Å²) in [4.78, 5) is 0. The molecule has 12 rings (SSSR count). The van der Waals surface area contributed by atoms with Gasteiger partial charge in [0.15, 0.2) is 11.0 Å². The van der Waals surface area contributed by atoms with Crippen molar-refractivity contribution in [1.82, 2.24) is 4.57 Å². The molecule has 0 spiro atoms. The molecule has 232 valence electrons. The SMILES string of the molecule is Cc1cc2c(cc1C)[n+](Cc1ccc(C34CC5CC(CC(C5)C3)C4)cc1)cn2Cc1ccc(C23CC4CC(CC(C4)C2)C3)cc1. The molecule has 3 aromatic carbocycles. The summed E-state index contributed by atoms with van der Waals surface area (Å²) >= 11 is 0. The van der Waals surface area contributed by atoms with E-state index in [2.05, 4.69) is 90.0 Å². The largest absolute Gasteiger partial charge is 0.245 e. The van der Waals surface area contributed by atoms with E-state index < -0.39 is 0 Å². The fraction of sp³-hybridized carbons (Fsp3) is 0.558. The average Bonchev–Trinajstić information content (AvgIpc) is 3.31. The Bertz CT molecular complexity index is 1570. The number of benzene rings is 3. The molecule has 45 heavy (non-hydrogen) atoms. The van der Waals surface area contributed by atoms with Crippen LogP contribution in [0.5, 0.6) is 0 Å². The third-order valence-corrected chi connectivity index (χ3v) is 14.4. The number of hydrogen-bond donors (Lipinski definition) is 0. The van der Waals surface area contributed by atoms with E-state index in [1.165, 1.54) is 110 Å². The van der Waals surface area contributed by atoms with Crippen LogP contribution in [0, 0.1) is 49.4 Å². The van der Waals surface area contributed by atoms with Crippen LogP contribution in [0.15, 0.2) is 67.0 Å². The highest BCUT2D eigenvalue weighted by atomic mass is 15.1. The molecule has 4 aromatic rings. The molecule has 1 aromatic heterocycles. The maximum Gasteiger partial charge on any atom is 0.245 e. The van der Waals surface area contributed by atoms with Crippen LogP contribution in [0.4, 0.5) is 0 Å². The first-order valence-electron chi connectivity index (χ1n) is 18.6. The lowest BCUT2D eigenvalue weighted by molar-refractivity contribution is -0.663. The van der Waals surface area contributed by atoms with E-state index in [0.29, 0.717) is 10.8 Å². The standard InChI is InChI=1S/C43H51N2/c1-28-11-40-41(12-29(28)2)45(26-31-5-9-39(10-6-31)43-22-35-16-36(23-43)18-37(17-35)24-43)27-44(40)25-30-3-7-38(8-4-30)42-19-32-13-33(20-42)15-34(14-32)21-42/h3-12,27,32-37H,13-26H2,1-2H3/q+1. The van der Waals surface area contributed by atoms with E-state index in [1.54, 1.807) is 11.1 Å². The zero-order chi connectivity index (χ0) is 29.9. The van der Waals surface area contributed by atoms with Crippen LogP contribution in [0.3, 0.4) is 0 Å². The lowest BCUT2D eigenvalue weighted by Crippen LogP contribution is -2.48. The molecule has 1 heterocycles. The van der Waals surface area contributed by atoms with Gasteiger partial charge in [0.05, 0.1) is 0 Å². The molecule has 8 aliphatic carbocycles. The van der Waals surface area contributed by atoms with E-state index in [-0.39, 0.29) is 0 Å². The van der Waals surface area contributed by atoms with Crippen molar-refractivity contribution in [1.29, 1.82) is 0 Å². The second-order valence-electron chi connectivity index (χ2n) is 17.6. The number of aromatic nitrogens is 2. The Balaban J connectivity index is 0.919.